The number of ketones is 1. The van der Waals surface area contributed by atoms with Gasteiger partial charge >= 0.3 is 0 Å². The summed E-state index contributed by atoms with van der Waals surface area (Å²) in [5.41, 5.74) is 2.81. The second-order valence-electron chi connectivity index (χ2n) is 8.11. The van der Waals surface area contributed by atoms with Crippen LogP contribution in [-0.2, 0) is 10.8 Å². The van der Waals surface area contributed by atoms with Crippen LogP contribution < -0.4 is 0 Å². The van der Waals surface area contributed by atoms with E-state index in [1.165, 1.54) is 0 Å². The van der Waals surface area contributed by atoms with E-state index in [4.69, 9.17) is 0 Å². The van der Waals surface area contributed by atoms with E-state index in [-0.39, 0.29) is 22.4 Å². The Balaban J connectivity index is 2.51. The standard InChI is InChI=1S/C21H26O2/c1-20(2,3)14-11-12-16(18(22)13-14)19(23)15-9-7-8-10-17(15)21(4,5)6/h7-13,22H,1-6H3. The minimum atomic E-state index is -0.132. The lowest BCUT2D eigenvalue weighted by molar-refractivity contribution is 0.103. The summed E-state index contributed by atoms with van der Waals surface area (Å²) in [6, 6.07) is 13.0. The van der Waals surface area contributed by atoms with Crippen molar-refractivity contribution in [2.24, 2.45) is 0 Å². The van der Waals surface area contributed by atoms with Gasteiger partial charge in [0.05, 0.1) is 5.56 Å². The first-order valence-electron chi connectivity index (χ1n) is 7.99. The lowest BCUT2D eigenvalue weighted by Crippen LogP contribution is -2.17. The Labute approximate surface area is 139 Å². The smallest absolute Gasteiger partial charge is 0.197 e. The lowest BCUT2D eigenvalue weighted by Gasteiger charge is -2.23. The van der Waals surface area contributed by atoms with Gasteiger partial charge in [-0.3, -0.25) is 4.79 Å². The van der Waals surface area contributed by atoms with Crippen LogP contribution >= 0.6 is 0 Å². The Morgan fingerprint density at radius 3 is 1.96 bits per heavy atom. The molecule has 0 aliphatic heterocycles. The van der Waals surface area contributed by atoms with Crippen molar-refractivity contribution in [2.45, 2.75) is 52.4 Å². The number of rotatable bonds is 2. The van der Waals surface area contributed by atoms with E-state index in [9.17, 15) is 9.90 Å². The average molecular weight is 310 g/mol. The number of phenolic OH excluding ortho intramolecular Hbond substituents is 1. The van der Waals surface area contributed by atoms with E-state index in [1.807, 2.05) is 30.3 Å². The quantitative estimate of drug-likeness (QED) is 0.772. The minimum absolute atomic E-state index is 0.0473. The maximum Gasteiger partial charge on any atom is 0.197 e. The maximum absolute atomic E-state index is 12.9. The van der Waals surface area contributed by atoms with Crippen molar-refractivity contribution in [3.63, 3.8) is 0 Å². The highest BCUT2D eigenvalue weighted by Crippen LogP contribution is 2.32. The van der Waals surface area contributed by atoms with Crippen molar-refractivity contribution >= 4 is 5.78 Å². The lowest BCUT2D eigenvalue weighted by atomic mass is 9.81. The number of benzene rings is 2. The molecule has 0 amide bonds. The first-order valence-corrected chi connectivity index (χ1v) is 7.99. The molecule has 23 heavy (non-hydrogen) atoms. The summed E-state index contributed by atoms with van der Waals surface area (Å²) < 4.78 is 0. The number of phenols is 1. The third-order valence-electron chi connectivity index (χ3n) is 4.09. The van der Waals surface area contributed by atoms with E-state index in [1.54, 1.807) is 12.1 Å². The van der Waals surface area contributed by atoms with Gasteiger partial charge in [0.15, 0.2) is 5.78 Å². The Morgan fingerprint density at radius 1 is 0.826 bits per heavy atom. The summed E-state index contributed by atoms with van der Waals surface area (Å²) in [5, 5.41) is 10.4. The number of hydrogen-bond donors (Lipinski definition) is 1. The van der Waals surface area contributed by atoms with Crippen molar-refractivity contribution < 1.29 is 9.90 Å². The van der Waals surface area contributed by atoms with Crippen molar-refractivity contribution in [3.8, 4) is 5.75 Å². The largest absolute Gasteiger partial charge is 0.507 e. The zero-order valence-corrected chi connectivity index (χ0v) is 14.9. The van der Waals surface area contributed by atoms with Crippen LogP contribution in [0.5, 0.6) is 5.75 Å². The monoisotopic (exact) mass is 310 g/mol. The minimum Gasteiger partial charge on any atom is -0.507 e. The predicted octanol–water partition coefficient (Wildman–Crippen LogP) is 5.22. The molecule has 0 unspecified atom stereocenters. The molecule has 0 atom stereocenters. The maximum atomic E-state index is 12.9. The first-order chi connectivity index (χ1) is 10.5. The molecule has 0 bridgehead atoms. The summed E-state index contributed by atoms with van der Waals surface area (Å²) in [6.07, 6.45) is 0. The second-order valence-corrected chi connectivity index (χ2v) is 8.11. The highest BCUT2D eigenvalue weighted by molar-refractivity contribution is 6.11. The van der Waals surface area contributed by atoms with Crippen LogP contribution in [0, 0.1) is 0 Å². The third kappa shape index (κ3) is 3.64. The van der Waals surface area contributed by atoms with Crippen LogP contribution in [0.4, 0.5) is 0 Å². The predicted molar refractivity (Wildman–Crippen MR) is 95.4 cm³/mol. The van der Waals surface area contributed by atoms with Crippen molar-refractivity contribution in [3.05, 3.63) is 64.7 Å². The summed E-state index contributed by atoms with van der Waals surface area (Å²) in [5.74, 6) is -0.0837. The molecule has 0 fully saturated rings. The van der Waals surface area contributed by atoms with Gasteiger partial charge in [-0.2, -0.15) is 0 Å². The van der Waals surface area contributed by atoms with Gasteiger partial charge in [0, 0.05) is 5.56 Å². The molecule has 122 valence electrons. The first kappa shape index (κ1) is 17.3. The van der Waals surface area contributed by atoms with Crippen LogP contribution in [0.25, 0.3) is 0 Å². The summed E-state index contributed by atoms with van der Waals surface area (Å²) >= 11 is 0. The molecule has 0 aromatic heterocycles. The fourth-order valence-electron chi connectivity index (χ4n) is 2.67. The Kier molecular flexibility index (Phi) is 4.39. The molecule has 0 saturated heterocycles. The fraction of sp³-hybridized carbons (Fsp3) is 0.381. The van der Waals surface area contributed by atoms with E-state index < -0.39 is 0 Å². The van der Waals surface area contributed by atoms with Crippen molar-refractivity contribution in [1.29, 1.82) is 0 Å². The summed E-state index contributed by atoms with van der Waals surface area (Å²) in [6.45, 7) is 12.5. The topological polar surface area (TPSA) is 37.3 Å². The van der Waals surface area contributed by atoms with Gasteiger partial charge in [0.25, 0.3) is 0 Å². The molecule has 0 aliphatic carbocycles. The van der Waals surface area contributed by atoms with Crippen LogP contribution in [0.3, 0.4) is 0 Å². The van der Waals surface area contributed by atoms with E-state index >= 15 is 0 Å². The molecule has 2 nitrogen and oxygen atoms in total. The van der Waals surface area contributed by atoms with Gasteiger partial charge in [0.2, 0.25) is 0 Å². The molecular weight excluding hydrogens is 284 g/mol. The van der Waals surface area contributed by atoms with Crippen LogP contribution in [0.2, 0.25) is 0 Å². The Bertz CT molecular complexity index is 728. The van der Waals surface area contributed by atoms with E-state index in [2.05, 4.69) is 41.5 Å². The number of carbonyl (C=O) groups excluding carboxylic acids is 1. The molecule has 0 heterocycles. The molecular formula is C21H26O2. The van der Waals surface area contributed by atoms with E-state index in [0.717, 1.165) is 11.1 Å². The highest BCUT2D eigenvalue weighted by Gasteiger charge is 2.24. The van der Waals surface area contributed by atoms with Crippen molar-refractivity contribution in [1.82, 2.24) is 0 Å². The normalized spacial score (nSPS) is 12.3. The Morgan fingerprint density at radius 2 is 1.43 bits per heavy atom. The zero-order chi connectivity index (χ0) is 17.4. The molecule has 2 aromatic rings. The van der Waals surface area contributed by atoms with Gasteiger partial charge in [-0.05, 0) is 34.1 Å². The van der Waals surface area contributed by atoms with E-state index in [0.29, 0.717) is 11.1 Å². The van der Waals surface area contributed by atoms with Gasteiger partial charge in [-0.25, -0.2) is 0 Å². The van der Waals surface area contributed by atoms with Crippen LogP contribution in [0.15, 0.2) is 42.5 Å². The Hall–Kier alpha value is -2.09. The average Bonchev–Trinajstić information content (AvgIpc) is 2.44. The van der Waals surface area contributed by atoms with Crippen LogP contribution in [0.1, 0.15) is 68.6 Å². The number of hydrogen-bond acceptors (Lipinski definition) is 2. The molecule has 0 radical (unpaired) electrons. The second kappa shape index (κ2) is 5.84. The molecule has 0 saturated carbocycles. The zero-order valence-electron chi connectivity index (χ0n) is 14.9. The summed E-state index contributed by atoms with van der Waals surface area (Å²) in [7, 11) is 0. The highest BCUT2D eigenvalue weighted by atomic mass is 16.3. The number of aromatic hydroxyl groups is 1. The van der Waals surface area contributed by atoms with Gasteiger partial charge in [-0.15, -0.1) is 0 Å². The fourth-order valence-corrected chi connectivity index (χ4v) is 2.67. The van der Waals surface area contributed by atoms with Gasteiger partial charge < -0.3 is 5.11 Å². The molecule has 1 N–H and O–H groups in total. The van der Waals surface area contributed by atoms with Gasteiger partial charge in [-0.1, -0.05) is 71.9 Å². The summed E-state index contributed by atoms with van der Waals surface area (Å²) in [4.78, 5) is 12.9. The molecule has 0 spiro atoms. The molecule has 0 aliphatic rings. The SMILES string of the molecule is CC(C)(C)c1ccc(C(=O)c2ccccc2C(C)(C)C)c(O)c1. The number of carbonyl (C=O) groups is 1. The molecule has 2 aromatic carbocycles. The molecule has 2 heteroatoms. The third-order valence-corrected chi connectivity index (χ3v) is 4.09. The van der Waals surface area contributed by atoms with Gasteiger partial charge in [0.1, 0.15) is 5.75 Å². The van der Waals surface area contributed by atoms with Crippen LogP contribution in [-0.4, -0.2) is 10.9 Å². The van der Waals surface area contributed by atoms with Crippen molar-refractivity contribution in [2.75, 3.05) is 0 Å². The molecule has 2 rings (SSSR count).